The fourth-order valence-electron chi connectivity index (χ4n) is 2.63. The van der Waals surface area contributed by atoms with Crippen molar-refractivity contribution in [3.63, 3.8) is 0 Å². The van der Waals surface area contributed by atoms with Gasteiger partial charge in [0.15, 0.2) is 11.7 Å². The number of rotatable bonds is 7. The number of carbonyl (C=O) groups is 2. The van der Waals surface area contributed by atoms with Crippen molar-refractivity contribution in [3.8, 4) is 11.3 Å². The Hall–Kier alpha value is -3.48. The second-order valence-corrected chi connectivity index (χ2v) is 5.91. The molecule has 1 atom stereocenters. The molecule has 1 heterocycles. The molecule has 1 unspecified atom stereocenters. The molecule has 3 rings (SSSR count). The SMILES string of the molecule is NC(=O)C(NC(=O)CCc1ncc(-c2ccccc2F)o1)c1ccccc1. The molecule has 0 aliphatic heterocycles. The Morgan fingerprint density at radius 1 is 1.11 bits per heavy atom. The second-order valence-electron chi connectivity index (χ2n) is 5.91. The van der Waals surface area contributed by atoms with E-state index in [2.05, 4.69) is 10.3 Å². The lowest BCUT2D eigenvalue weighted by Gasteiger charge is -2.15. The van der Waals surface area contributed by atoms with Crippen LogP contribution in [0, 0.1) is 5.82 Å². The molecule has 2 aromatic carbocycles. The van der Waals surface area contributed by atoms with Crippen LogP contribution in [0.15, 0.2) is 65.2 Å². The van der Waals surface area contributed by atoms with Crippen LogP contribution < -0.4 is 11.1 Å². The van der Waals surface area contributed by atoms with Crippen molar-refractivity contribution in [2.45, 2.75) is 18.9 Å². The van der Waals surface area contributed by atoms with E-state index < -0.39 is 17.8 Å². The lowest BCUT2D eigenvalue weighted by molar-refractivity contribution is -0.127. The number of hydrogen-bond acceptors (Lipinski definition) is 4. The number of nitrogens with zero attached hydrogens (tertiary/aromatic N) is 1. The number of halogens is 1. The predicted octanol–water partition coefficient (Wildman–Crippen LogP) is 2.76. The molecule has 7 heteroatoms. The number of aromatic nitrogens is 1. The molecule has 138 valence electrons. The highest BCUT2D eigenvalue weighted by atomic mass is 19.1. The van der Waals surface area contributed by atoms with E-state index in [9.17, 15) is 14.0 Å². The van der Waals surface area contributed by atoms with Gasteiger partial charge in [-0.2, -0.15) is 0 Å². The summed E-state index contributed by atoms with van der Waals surface area (Å²) in [6, 6.07) is 14.0. The molecule has 0 bridgehead atoms. The maximum atomic E-state index is 13.8. The van der Waals surface area contributed by atoms with Gasteiger partial charge in [-0.15, -0.1) is 0 Å². The third kappa shape index (κ3) is 4.58. The largest absolute Gasteiger partial charge is 0.441 e. The first-order valence-corrected chi connectivity index (χ1v) is 8.38. The highest BCUT2D eigenvalue weighted by Gasteiger charge is 2.20. The number of hydrogen-bond donors (Lipinski definition) is 2. The van der Waals surface area contributed by atoms with E-state index in [1.165, 1.54) is 12.3 Å². The van der Waals surface area contributed by atoms with Gasteiger partial charge in [0.2, 0.25) is 11.8 Å². The van der Waals surface area contributed by atoms with Crippen molar-refractivity contribution in [2.24, 2.45) is 5.73 Å². The van der Waals surface area contributed by atoms with Crippen LogP contribution in [0.5, 0.6) is 0 Å². The second kappa shape index (κ2) is 8.27. The van der Waals surface area contributed by atoms with Crippen molar-refractivity contribution in [1.82, 2.24) is 10.3 Å². The number of primary amides is 1. The maximum Gasteiger partial charge on any atom is 0.244 e. The summed E-state index contributed by atoms with van der Waals surface area (Å²) >= 11 is 0. The first-order valence-electron chi connectivity index (χ1n) is 8.38. The first kappa shape index (κ1) is 18.3. The van der Waals surface area contributed by atoms with Gasteiger partial charge in [-0.1, -0.05) is 42.5 Å². The number of carbonyl (C=O) groups excluding carboxylic acids is 2. The summed E-state index contributed by atoms with van der Waals surface area (Å²) in [4.78, 5) is 27.9. The third-order valence-electron chi connectivity index (χ3n) is 3.98. The maximum absolute atomic E-state index is 13.8. The standard InChI is InChI=1S/C20H18FN3O3/c21-15-9-5-4-8-14(15)16-12-23-18(27-16)11-10-17(25)24-19(20(22)26)13-6-2-1-3-7-13/h1-9,12,19H,10-11H2,(H2,22,26)(H,24,25). The summed E-state index contributed by atoms with van der Waals surface area (Å²) < 4.78 is 19.3. The Morgan fingerprint density at radius 3 is 2.52 bits per heavy atom. The summed E-state index contributed by atoms with van der Waals surface area (Å²) in [7, 11) is 0. The van der Waals surface area contributed by atoms with Crippen molar-refractivity contribution >= 4 is 11.8 Å². The highest BCUT2D eigenvalue weighted by Crippen LogP contribution is 2.23. The van der Waals surface area contributed by atoms with Crippen LogP contribution in [0.3, 0.4) is 0 Å². The van der Waals surface area contributed by atoms with E-state index in [1.54, 1.807) is 48.5 Å². The number of nitrogens with one attached hydrogen (secondary N) is 1. The van der Waals surface area contributed by atoms with Gasteiger partial charge in [0, 0.05) is 12.8 Å². The smallest absolute Gasteiger partial charge is 0.244 e. The molecular formula is C20H18FN3O3. The number of aryl methyl sites for hydroxylation is 1. The molecule has 0 radical (unpaired) electrons. The zero-order valence-electron chi connectivity index (χ0n) is 14.4. The van der Waals surface area contributed by atoms with Gasteiger partial charge >= 0.3 is 0 Å². The molecule has 0 aliphatic carbocycles. The van der Waals surface area contributed by atoms with Gasteiger partial charge in [0.1, 0.15) is 11.9 Å². The molecule has 0 spiro atoms. The Labute approximate surface area is 155 Å². The normalized spacial score (nSPS) is 11.7. The number of amides is 2. The van der Waals surface area contributed by atoms with Crippen LogP contribution in [0.4, 0.5) is 4.39 Å². The lowest BCUT2D eigenvalue weighted by Crippen LogP contribution is -2.37. The number of benzene rings is 2. The lowest BCUT2D eigenvalue weighted by atomic mass is 10.1. The van der Waals surface area contributed by atoms with E-state index in [-0.39, 0.29) is 18.7 Å². The predicted molar refractivity (Wildman–Crippen MR) is 96.7 cm³/mol. The molecular weight excluding hydrogens is 349 g/mol. The minimum atomic E-state index is -0.905. The Morgan fingerprint density at radius 2 is 1.81 bits per heavy atom. The topological polar surface area (TPSA) is 98.2 Å². The zero-order chi connectivity index (χ0) is 19.2. The molecule has 0 saturated carbocycles. The minimum absolute atomic E-state index is 0.0494. The van der Waals surface area contributed by atoms with Crippen molar-refractivity contribution in [1.29, 1.82) is 0 Å². The first-order chi connectivity index (χ1) is 13.0. The molecule has 1 aromatic heterocycles. The molecule has 0 saturated heterocycles. The molecule has 0 aliphatic rings. The van der Waals surface area contributed by atoms with Crippen molar-refractivity contribution in [3.05, 3.63) is 78.1 Å². The molecule has 6 nitrogen and oxygen atoms in total. The average molecular weight is 367 g/mol. The van der Waals surface area contributed by atoms with Gasteiger partial charge in [0.05, 0.1) is 11.8 Å². The molecule has 0 fully saturated rings. The van der Waals surface area contributed by atoms with Crippen LogP contribution in [-0.4, -0.2) is 16.8 Å². The van der Waals surface area contributed by atoms with E-state index >= 15 is 0 Å². The number of oxazole rings is 1. The summed E-state index contributed by atoms with van der Waals surface area (Å²) in [6.45, 7) is 0. The van der Waals surface area contributed by atoms with Crippen LogP contribution in [0.2, 0.25) is 0 Å². The van der Waals surface area contributed by atoms with E-state index in [1.807, 2.05) is 0 Å². The van der Waals surface area contributed by atoms with Gasteiger partial charge in [-0.05, 0) is 17.7 Å². The van der Waals surface area contributed by atoms with Crippen LogP contribution in [-0.2, 0) is 16.0 Å². The number of nitrogens with two attached hydrogens (primary N) is 1. The fraction of sp³-hybridized carbons (Fsp3) is 0.150. The summed E-state index contributed by atoms with van der Waals surface area (Å²) in [6.07, 6.45) is 1.68. The fourth-order valence-corrected chi connectivity index (χ4v) is 2.63. The van der Waals surface area contributed by atoms with Gasteiger partial charge in [-0.3, -0.25) is 9.59 Å². The van der Waals surface area contributed by atoms with Crippen LogP contribution >= 0.6 is 0 Å². The summed E-state index contributed by atoms with van der Waals surface area (Å²) in [5, 5.41) is 2.61. The quantitative estimate of drug-likeness (QED) is 0.671. The highest BCUT2D eigenvalue weighted by molar-refractivity contribution is 5.87. The molecule has 2 amide bonds. The minimum Gasteiger partial charge on any atom is -0.441 e. The Kier molecular flexibility index (Phi) is 5.61. The Balaban J connectivity index is 1.61. The van der Waals surface area contributed by atoms with Gasteiger partial charge < -0.3 is 15.5 Å². The van der Waals surface area contributed by atoms with Gasteiger partial charge in [0.25, 0.3) is 0 Å². The van der Waals surface area contributed by atoms with Crippen molar-refractivity contribution in [2.75, 3.05) is 0 Å². The molecule has 3 aromatic rings. The summed E-state index contributed by atoms with van der Waals surface area (Å²) in [5.74, 6) is -0.826. The molecule has 27 heavy (non-hydrogen) atoms. The van der Waals surface area contributed by atoms with Crippen LogP contribution in [0.25, 0.3) is 11.3 Å². The summed E-state index contributed by atoms with van der Waals surface area (Å²) in [5.41, 5.74) is 6.30. The van der Waals surface area contributed by atoms with E-state index in [4.69, 9.17) is 10.2 Å². The zero-order valence-corrected chi connectivity index (χ0v) is 14.4. The average Bonchev–Trinajstić information content (AvgIpc) is 3.14. The van der Waals surface area contributed by atoms with Crippen LogP contribution in [0.1, 0.15) is 23.9 Å². The van der Waals surface area contributed by atoms with E-state index in [0.717, 1.165) is 0 Å². The Bertz CT molecular complexity index is 940. The third-order valence-corrected chi connectivity index (χ3v) is 3.98. The van der Waals surface area contributed by atoms with Crippen molar-refractivity contribution < 1.29 is 18.4 Å². The van der Waals surface area contributed by atoms with E-state index in [0.29, 0.717) is 22.8 Å². The monoisotopic (exact) mass is 367 g/mol. The van der Waals surface area contributed by atoms with Gasteiger partial charge in [-0.25, -0.2) is 9.37 Å². The molecule has 3 N–H and O–H groups in total.